The summed E-state index contributed by atoms with van der Waals surface area (Å²) in [6, 6.07) is 0. The molecule has 0 aliphatic carbocycles. The Morgan fingerprint density at radius 2 is 1.92 bits per heavy atom. The zero-order valence-corrected chi connectivity index (χ0v) is 7.70. The predicted molar refractivity (Wildman–Crippen MR) is 51.1 cm³/mol. The number of hydrogen-bond donors (Lipinski definition) is 2. The quantitative estimate of drug-likeness (QED) is 0.448. The van der Waals surface area contributed by atoms with E-state index in [4.69, 9.17) is 11.5 Å². The fourth-order valence-corrected chi connectivity index (χ4v) is 1.41. The van der Waals surface area contributed by atoms with Gasteiger partial charge in [0.25, 0.3) is 0 Å². The van der Waals surface area contributed by atoms with Crippen LogP contribution in [0.5, 0.6) is 0 Å². The van der Waals surface area contributed by atoms with E-state index in [0.717, 1.165) is 25.9 Å². The van der Waals surface area contributed by atoms with Crippen LogP contribution in [0, 0.1) is 0 Å². The molecule has 0 saturated carbocycles. The van der Waals surface area contributed by atoms with Gasteiger partial charge in [-0.05, 0) is 12.8 Å². The van der Waals surface area contributed by atoms with Gasteiger partial charge in [-0.1, -0.05) is 0 Å². The van der Waals surface area contributed by atoms with Gasteiger partial charge in [0.15, 0.2) is 5.96 Å². The SMILES string of the molecule is NC(N)=NCCC(=O)N1CCCC1. The van der Waals surface area contributed by atoms with Crippen molar-refractivity contribution in [2.75, 3.05) is 19.6 Å². The molecule has 13 heavy (non-hydrogen) atoms. The molecule has 0 bridgehead atoms. The van der Waals surface area contributed by atoms with Crippen molar-refractivity contribution in [2.24, 2.45) is 16.5 Å². The summed E-state index contributed by atoms with van der Waals surface area (Å²) in [4.78, 5) is 17.0. The molecule has 74 valence electrons. The number of carbonyl (C=O) groups excluding carboxylic acids is 1. The fourth-order valence-electron chi connectivity index (χ4n) is 1.41. The number of aliphatic imine (C=N–C) groups is 1. The van der Waals surface area contributed by atoms with Crippen LogP contribution in [0.3, 0.4) is 0 Å². The summed E-state index contributed by atoms with van der Waals surface area (Å²) in [5.41, 5.74) is 10.3. The number of likely N-dealkylation sites (tertiary alicyclic amines) is 1. The highest BCUT2D eigenvalue weighted by Crippen LogP contribution is 2.08. The van der Waals surface area contributed by atoms with Gasteiger partial charge in [-0.15, -0.1) is 0 Å². The van der Waals surface area contributed by atoms with Gasteiger partial charge in [0.05, 0.1) is 6.54 Å². The van der Waals surface area contributed by atoms with Crippen molar-refractivity contribution in [1.29, 1.82) is 0 Å². The van der Waals surface area contributed by atoms with Crippen molar-refractivity contribution < 1.29 is 4.79 Å². The molecule has 0 aromatic heterocycles. The molecule has 1 saturated heterocycles. The number of rotatable bonds is 3. The molecule has 5 heteroatoms. The lowest BCUT2D eigenvalue weighted by Crippen LogP contribution is -2.29. The zero-order chi connectivity index (χ0) is 9.68. The summed E-state index contributed by atoms with van der Waals surface area (Å²) in [6.45, 7) is 2.18. The van der Waals surface area contributed by atoms with Gasteiger partial charge in [0.1, 0.15) is 0 Å². The third kappa shape index (κ3) is 3.31. The van der Waals surface area contributed by atoms with Crippen LogP contribution in [0.1, 0.15) is 19.3 Å². The minimum atomic E-state index is 0.0502. The van der Waals surface area contributed by atoms with Crippen molar-refractivity contribution >= 4 is 11.9 Å². The Balaban J connectivity index is 2.21. The van der Waals surface area contributed by atoms with E-state index in [2.05, 4.69) is 4.99 Å². The highest BCUT2D eigenvalue weighted by atomic mass is 16.2. The maximum absolute atomic E-state index is 11.4. The molecular formula is C8H16N4O. The molecule has 1 heterocycles. The topological polar surface area (TPSA) is 84.7 Å². The molecule has 1 aliphatic rings. The molecule has 0 radical (unpaired) electrons. The van der Waals surface area contributed by atoms with Crippen LogP contribution >= 0.6 is 0 Å². The van der Waals surface area contributed by atoms with Crippen LogP contribution in [0.4, 0.5) is 0 Å². The number of hydrogen-bond acceptors (Lipinski definition) is 2. The average Bonchev–Trinajstić information content (AvgIpc) is 2.55. The van der Waals surface area contributed by atoms with E-state index >= 15 is 0 Å². The first-order valence-electron chi connectivity index (χ1n) is 4.53. The Morgan fingerprint density at radius 3 is 2.46 bits per heavy atom. The molecule has 0 atom stereocenters. The smallest absolute Gasteiger partial charge is 0.224 e. The highest BCUT2D eigenvalue weighted by Gasteiger charge is 2.16. The van der Waals surface area contributed by atoms with Gasteiger partial charge < -0.3 is 16.4 Å². The minimum Gasteiger partial charge on any atom is -0.370 e. The maximum atomic E-state index is 11.4. The van der Waals surface area contributed by atoms with E-state index in [1.54, 1.807) is 0 Å². The maximum Gasteiger partial charge on any atom is 0.224 e. The molecule has 4 N–H and O–H groups in total. The number of nitrogens with two attached hydrogens (primary N) is 2. The van der Waals surface area contributed by atoms with Gasteiger partial charge in [-0.2, -0.15) is 0 Å². The second-order valence-electron chi connectivity index (χ2n) is 3.14. The van der Waals surface area contributed by atoms with Gasteiger partial charge in [-0.25, -0.2) is 0 Å². The van der Waals surface area contributed by atoms with Gasteiger partial charge in [0, 0.05) is 19.5 Å². The summed E-state index contributed by atoms with van der Waals surface area (Å²) in [6.07, 6.45) is 2.65. The van der Waals surface area contributed by atoms with Crippen LogP contribution in [0.25, 0.3) is 0 Å². The largest absolute Gasteiger partial charge is 0.370 e. The van der Waals surface area contributed by atoms with Crippen LogP contribution < -0.4 is 11.5 Å². The van der Waals surface area contributed by atoms with Gasteiger partial charge in [0.2, 0.25) is 5.91 Å². The molecule has 0 unspecified atom stereocenters. The van der Waals surface area contributed by atoms with Crippen molar-refractivity contribution in [3.63, 3.8) is 0 Å². The van der Waals surface area contributed by atoms with Crippen LogP contribution in [-0.2, 0) is 4.79 Å². The Labute approximate surface area is 77.8 Å². The summed E-state index contributed by atoms with van der Waals surface area (Å²) in [5, 5.41) is 0. The van der Waals surface area contributed by atoms with Crippen molar-refractivity contribution in [1.82, 2.24) is 4.90 Å². The lowest BCUT2D eigenvalue weighted by atomic mass is 10.4. The number of nitrogens with zero attached hydrogens (tertiary/aromatic N) is 2. The summed E-state index contributed by atoms with van der Waals surface area (Å²) in [7, 11) is 0. The number of amides is 1. The molecule has 0 aromatic rings. The zero-order valence-electron chi connectivity index (χ0n) is 7.70. The predicted octanol–water partition coefficient (Wildman–Crippen LogP) is -0.728. The minimum absolute atomic E-state index is 0.0502. The Morgan fingerprint density at radius 1 is 1.31 bits per heavy atom. The van der Waals surface area contributed by atoms with Crippen molar-refractivity contribution in [2.45, 2.75) is 19.3 Å². The first kappa shape index (κ1) is 9.83. The lowest BCUT2D eigenvalue weighted by Gasteiger charge is -2.13. The molecule has 0 aromatic carbocycles. The van der Waals surface area contributed by atoms with E-state index < -0.39 is 0 Å². The number of guanidine groups is 1. The average molecular weight is 184 g/mol. The fraction of sp³-hybridized carbons (Fsp3) is 0.750. The Bertz CT molecular complexity index is 204. The van der Waals surface area contributed by atoms with Crippen molar-refractivity contribution in [3.05, 3.63) is 0 Å². The second kappa shape index (κ2) is 4.69. The molecule has 1 aliphatic heterocycles. The summed E-state index contributed by atoms with van der Waals surface area (Å²) < 4.78 is 0. The van der Waals surface area contributed by atoms with Crippen molar-refractivity contribution in [3.8, 4) is 0 Å². The first-order valence-corrected chi connectivity index (χ1v) is 4.53. The van der Waals surface area contributed by atoms with E-state index in [0.29, 0.717) is 13.0 Å². The number of carbonyl (C=O) groups is 1. The second-order valence-corrected chi connectivity index (χ2v) is 3.14. The highest BCUT2D eigenvalue weighted by molar-refractivity contribution is 5.78. The molecular weight excluding hydrogens is 168 g/mol. The molecule has 1 fully saturated rings. The molecule has 0 spiro atoms. The molecule has 1 amide bonds. The third-order valence-corrected chi connectivity index (χ3v) is 2.08. The first-order chi connectivity index (χ1) is 6.20. The summed E-state index contributed by atoms with van der Waals surface area (Å²) >= 11 is 0. The van der Waals surface area contributed by atoms with Crippen LogP contribution in [0.2, 0.25) is 0 Å². The Kier molecular flexibility index (Phi) is 3.54. The standard InChI is InChI=1S/C8H16N4O/c9-8(10)11-4-3-7(13)12-5-1-2-6-12/h1-6H2,(H4,9,10,11). The summed E-state index contributed by atoms with van der Waals surface area (Å²) in [5.74, 6) is 0.205. The van der Waals surface area contributed by atoms with E-state index in [1.807, 2.05) is 4.90 Å². The monoisotopic (exact) mass is 184 g/mol. The van der Waals surface area contributed by atoms with Gasteiger partial charge in [-0.3, -0.25) is 9.79 Å². The van der Waals surface area contributed by atoms with Crippen LogP contribution in [-0.4, -0.2) is 36.4 Å². The lowest BCUT2D eigenvalue weighted by molar-refractivity contribution is -0.129. The molecule has 5 nitrogen and oxygen atoms in total. The normalized spacial score (nSPS) is 15.8. The van der Waals surface area contributed by atoms with E-state index in [9.17, 15) is 4.79 Å². The van der Waals surface area contributed by atoms with Crippen LogP contribution in [0.15, 0.2) is 4.99 Å². The van der Waals surface area contributed by atoms with E-state index in [-0.39, 0.29) is 11.9 Å². The molecule has 1 rings (SSSR count). The van der Waals surface area contributed by atoms with Gasteiger partial charge >= 0.3 is 0 Å². The third-order valence-electron chi connectivity index (χ3n) is 2.08. The van der Waals surface area contributed by atoms with E-state index in [1.165, 1.54) is 0 Å². The Hall–Kier alpha value is -1.26.